The molecule has 2 rings (SSSR count). The summed E-state index contributed by atoms with van der Waals surface area (Å²) in [7, 11) is 0. The third-order valence-corrected chi connectivity index (χ3v) is 4.25. The van der Waals surface area contributed by atoms with E-state index >= 15 is 0 Å². The molecule has 114 valence electrons. The van der Waals surface area contributed by atoms with E-state index in [-0.39, 0.29) is 36.6 Å². The number of carbonyl (C=O) groups is 2. The number of rotatable bonds is 4. The first kappa shape index (κ1) is 15.1. The molecule has 1 aliphatic carbocycles. The Bertz CT molecular complexity index is 372. The molecule has 0 aromatic heterocycles. The Morgan fingerprint density at radius 1 is 1.40 bits per heavy atom. The van der Waals surface area contributed by atoms with Crippen LogP contribution >= 0.6 is 0 Å². The summed E-state index contributed by atoms with van der Waals surface area (Å²) in [6.45, 7) is 5.00. The standard InChI is InChI=1S/C14H24N2O4/c1-9(2)10(8-13(17)18)15-14(19)16-6-7-20-12-5-3-4-11(12)16/h9-12H,3-8H2,1-2H3,(H,15,19)(H,17,18). The van der Waals surface area contributed by atoms with Crippen LogP contribution in [-0.4, -0.2) is 53.3 Å². The lowest BCUT2D eigenvalue weighted by atomic mass is 10.0. The average Bonchev–Trinajstić information content (AvgIpc) is 2.84. The van der Waals surface area contributed by atoms with Crippen molar-refractivity contribution in [1.82, 2.24) is 10.2 Å². The lowest BCUT2D eigenvalue weighted by Gasteiger charge is -2.38. The van der Waals surface area contributed by atoms with Crippen molar-refractivity contribution in [3.05, 3.63) is 0 Å². The molecular formula is C14H24N2O4. The minimum absolute atomic E-state index is 0.0398. The van der Waals surface area contributed by atoms with Crippen LogP contribution < -0.4 is 5.32 Å². The third kappa shape index (κ3) is 3.42. The number of morpholine rings is 1. The van der Waals surface area contributed by atoms with Crippen LogP contribution in [0.2, 0.25) is 0 Å². The zero-order chi connectivity index (χ0) is 14.7. The zero-order valence-corrected chi connectivity index (χ0v) is 12.2. The Kier molecular flexibility index (Phi) is 4.86. The number of amides is 2. The van der Waals surface area contributed by atoms with Crippen molar-refractivity contribution in [2.24, 2.45) is 5.92 Å². The van der Waals surface area contributed by atoms with E-state index in [2.05, 4.69) is 5.32 Å². The van der Waals surface area contributed by atoms with Gasteiger partial charge in [-0.3, -0.25) is 4.79 Å². The van der Waals surface area contributed by atoms with Crippen molar-refractivity contribution in [2.45, 2.75) is 57.7 Å². The molecule has 3 atom stereocenters. The Labute approximate surface area is 119 Å². The number of urea groups is 1. The molecule has 0 aromatic rings. The Balaban J connectivity index is 1.97. The van der Waals surface area contributed by atoms with Gasteiger partial charge in [0.05, 0.1) is 25.2 Å². The number of nitrogens with zero attached hydrogens (tertiary/aromatic N) is 1. The van der Waals surface area contributed by atoms with Crippen LogP contribution in [0.15, 0.2) is 0 Å². The van der Waals surface area contributed by atoms with E-state index in [1.54, 1.807) is 0 Å². The molecule has 2 aliphatic rings. The fourth-order valence-electron chi connectivity index (χ4n) is 3.06. The zero-order valence-electron chi connectivity index (χ0n) is 12.2. The molecule has 6 nitrogen and oxygen atoms in total. The maximum Gasteiger partial charge on any atom is 0.318 e. The van der Waals surface area contributed by atoms with Gasteiger partial charge in [-0.25, -0.2) is 4.79 Å². The number of carboxylic acid groups (broad SMARTS) is 1. The van der Waals surface area contributed by atoms with Gasteiger partial charge in [0.25, 0.3) is 0 Å². The number of fused-ring (bicyclic) bond motifs is 1. The van der Waals surface area contributed by atoms with Crippen molar-refractivity contribution in [2.75, 3.05) is 13.2 Å². The fraction of sp³-hybridized carbons (Fsp3) is 0.857. The quantitative estimate of drug-likeness (QED) is 0.819. The second-order valence-electron chi connectivity index (χ2n) is 6.00. The molecule has 1 heterocycles. The topological polar surface area (TPSA) is 78.9 Å². The van der Waals surface area contributed by atoms with E-state index in [1.165, 1.54) is 0 Å². The van der Waals surface area contributed by atoms with Crippen LogP contribution in [0.1, 0.15) is 39.5 Å². The summed E-state index contributed by atoms with van der Waals surface area (Å²) in [6, 6.07) is -0.325. The van der Waals surface area contributed by atoms with Crippen molar-refractivity contribution >= 4 is 12.0 Å². The predicted octanol–water partition coefficient (Wildman–Crippen LogP) is 1.45. The summed E-state index contributed by atoms with van der Waals surface area (Å²) in [5.74, 6) is -0.791. The molecule has 2 fully saturated rings. The molecule has 2 N–H and O–H groups in total. The van der Waals surface area contributed by atoms with Gasteiger partial charge >= 0.3 is 12.0 Å². The van der Waals surface area contributed by atoms with Gasteiger partial charge in [0.1, 0.15) is 0 Å². The summed E-state index contributed by atoms with van der Waals surface area (Å²) in [5, 5.41) is 11.8. The van der Waals surface area contributed by atoms with E-state index in [9.17, 15) is 9.59 Å². The Hall–Kier alpha value is -1.30. The van der Waals surface area contributed by atoms with E-state index in [1.807, 2.05) is 18.7 Å². The molecule has 20 heavy (non-hydrogen) atoms. The number of ether oxygens (including phenoxy) is 1. The summed E-state index contributed by atoms with van der Waals surface area (Å²) < 4.78 is 5.68. The number of aliphatic carboxylic acids is 1. The van der Waals surface area contributed by atoms with Crippen LogP contribution in [0.3, 0.4) is 0 Å². The average molecular weight is 284 g/mol. The summed E-state index contributed by atoms with van der Waals surface area (Å²) in [4.78, 5) is 25.1. The van der Waals surface area contributed by atoms with Gasteiger partial charge in [-0.2, -0.15) is 0 Å². The molecular weight excluding hydrogens is 260 g/mol. The van der Waals surface area contributed by atoms with Crippen molar-refractivity contribution in [3.63, 3.8) is 0 Å². The van der Waals surface area contributed by atoms with Crippen LogP contribution in [0.25, 0.3) is 0 Å². The van der Waals surface area contributed by atoms with Gasteiger partial charge < -0.3 is 20.1 Å². The van der Waals surface area contributed by atoms with Crippen LogP contribution in [-0.2, 0) is 9.53 Å². The largest absolute Gasteiger partial charge is 0.481 e. The molecule has 0 bridgehead atoms. The van der Waals surface area contributed by atoms with E-state index < -0.39 is 5.97 Å². The predicted molar refractivity (Wildman–Crippen MR) is 73.5 cm³/mol. The van der Waals surface area contributed by atoms with Gasteiger partial charge in [0.15, 0.2) is 0 Å². The normalized spacial score (nSPS) is 27.2. The van der Waals surface area contributed by atoms with Crippen LogP contribution in [0.4, 0.5) is 4.79 Å². The number of carboxylic acids is 1. The smallest absolute Gasteiger partial charge is 0.318 e. The second-order valence-corrected chi connectivity index (χ2v) is 6.00. The molecule has 3 unspecified atom stereocenters. The lowest BCUT2D eigenvalue weighted by Crippen LogP contribution is -2.56. The molecule has 2 amide bonds. The van der Waals surface area contributed by atoms with Gasteiger partial charge in [-0.15, -0.1) is 0 Å². The number of carbonyl (C=O) groups excluding carboxylic acids is 1. The lowest BCUT2D eigenvalue weighted by molar-refractivity contribution is -0.137. The number of hydrogen-bond donors (Lipinski definition) is 2. The highest BCUT2D eigenvalue weighted by Gasteiger charge is 2.39. The molecule has 0 aromatic carbocycles. The highest BCUT2D eigenvalue weighted by atomic mass is 16.5. The van der Waals surface area contributed by atoms with Crippen LogP contribution in [0.5, 0.6) is 0 Å². The highest BCUT2D eigenvalue weighted by molar-refractivity contribution is 5.76. The Morgan fingerprint density at radius 2 is 2.15 bits per heavy atom. The summed E-state index contributed by atoms with van der Waals surface area (Å²) in [5.41, 5.74) is 0. The minimum Gasteiger partial charge on any atom is -0.481 e. The van der Waals surface area contributed by atoms with Crippen molar-refractivity contribution in [3.8, 4) is 0 Å². The first-order valence-electron chi connectivity index (χ1n) is 7.39. The first-order valence-corrected chi connectivity index (χ1v) is 7.39. The van der Waals surface area contributed by atoms with Gasteiger partial charge in [0, 0.05) is 12.6 Å². The third-order valence-electron chi connectivity index (χ3n) is 4.25. The van der Waals surface area contributed by atoms with E-state index in [0.29, 0.717) is 13.2 Å². The number of hydrogen-bond acceptors (Lipinski definition) is 3. The van der Waals surface area contributed by atoms with Crippen molar-refractivity contribution in [1.29, 1.82) is 0 Å². The molecule has 6 heteroatoms. The SMILES string of the molecule is CC(C)C(CC(=O)O)NC(=O)N1CCOC2CCCC21. The molecule has 0 spiro atoms. The number of nitrogens with one attached hydrogen (secondary N) is 1. The molecule has 1 saturated heterocycles. The first-order chi connectivity index (χ1) is 9.49. The minimum atomic E-state index is -0.885. The van der Waals surface area contributed by atoms with Gasteiger partial charge in [0.2, 0.25) is 0 Å². The molecule has 1 aliphatic heterocycles. The molecule has 0 radical (unpaired) electrons. The van der Waals surface area contributed by atoms with Crippen molar-refractivity contribution < 1.29 is 19.4 Å². The molecule has 1 saturated carbocycles. The van der Waals surface area contributed by atoms with E-state index in [0.717, 1.165) is 19.3 Å². The fourth-order valence-corrected chi connectivity index (χ4v) is 3.06. The summed E-state index contributed by atoms with van der Waals surface area (Å²) >= 11 is 0. The maximum atomic E-state index is 12.4. The monoisotopic (exact) mass is 284 g/mol. The van der Waals surface area contributed by atoms with Gasteiger partial charge in [-0.1, -0.05) is 13.8 Å². The summed E-state index contributed by atoms with van der Waals surface area (Å²) in [6.07, 6.45) is 3.19. The van der Waals surface area contributed by atoms with Gasteiger partial charge in [-0.05, 0) is 25.2 Å². The highest BCUT2D eigenvalue weighted by Crippen LogP contribution is 2.29. The Morgan fingerprint density at radius 3 is 2.80 bits per heavy atom. The maximum absolute atomic E-state index is 12.4. The second kappa shape index (κ2) is 6.43. The van der Waals surface area contributed by atoms with E-state index in [4.69, 9.17) is 9.84 Å². The van der Waals surface area contributed by atoms with Crippen LogP contribution in [0, 0.1) is 5.92 Å².